The first-order valence-electron chi connectivity index (χ1n) is 11.1. The molecule has 0 aliphatic heterocycles. The number of nitrogens with one attached hydrogen (secondary N) is 1. The molecule has 174 valence electrons. The van der Waals surface area contributed by atoms with Crippen LogP contribution in [0.4, 0.5) is 0 Å². The van der Waals surface area contributed by atoms with Crippen LogP contribution in [0, 0.1) is 0 Å². The molecule has 7 heteroatoms. The summed E-state index contributed by atoms with van der Waals surface area (Å²) in [5.74, 6) is 1.87. The van der Waals surface area contributed by atoms with Crippen molar-refractivity contribution < 1.29 is 18.8 Å². The van der Waals surface area contributed by atoms with Gasteiger partial charge in [-0.15, -0.1) is 0 Å². The third-order valence-electron chi connectivity index (χ3n) is 5.48. The van der Waals surface area contributed by atoms with Crippen molar-refractivity contribution in [3.05, 3.63) is 95.9 Å². The fraction of sp³-hybridized carbons (Fsp3) is 0.222. The number of hydrogen-bond donors (Lipinski definition) is 1. The summed E-state index contributed by atoms with van der Waals surface area (Å²) in [5, 5.41) is 7.22. The van der Waals surface area contributed by atoms with E-state index in [2.05, 4.69) is 15.5 Å². The van der Waals surface area contributed by atoms with E-state index in [0.717, 1.165) is 16.7 Å². The van der Waals surface area contributed by atoms with Gasteiger partial charge in [-0.25, -0.2) is 0 Å². The zero-order valence-corrected chi connectivity index (χ0v) is 19.2. The molecule has 1 aromatic heterocycles. The van der Waals surface area contributed by atoms with E-state index in [1.807, 2.05) is 66.7 Å². The van der Waals surface area contributed by atoms with Gasteiger partial charge in [0, 0.05) is 18.4 Å². The van der Waals surface area contributed by atoms with Gasteiger partial charge in [0.2, 0.25) is 17.6 Å². The first-order valence-corrected chi connectivity index (χ1v) is 11.1. The van der Waals surface area contributed by atoms with Crippen LogP contribution in [0.2, 0.25) is 0 Å². The standard InChI is InChI=1S/C27H27N3O4/c1-32-23-15-14-21(18-24(23)33-2)26-29-27(34-30-26)22(17-20-11-7-4-8-12-20)28-25(31)16-13-19-9-5-3-6-10-19/h3-12,14-15,18,22H,13,16-17H2,1-2H3,(H,28,31)/t22-/m1/s1. The van der Waals surface area contributed by atoms with E-state index in [4.69, 9.17) is 14.0 Å². The lowest BCUT2D eigenvalue weighted by molar-refractivity contribution is -0.122. The number of ether oxygens (including phenoxy) is 2. The van der Waals surface area contributed by atoms with Crippen LogP contribution in [0.25, 0.3) is 11.4 Å². The van der Waals surface area contributed by atoms with Crippen molar-refractivity contribution in [3.63, 3.8) is 0 Å². The number of hydrogen-bond acceptors (Lipinski definition) is 6. The lowest BCUT2D eigenvalue weighted by atomic mass is 10.0. The van der Waals surface area contributed by atoms with Crippen LogP contribution >= 0.6 is 0 Å². The summed E-state index contributed by atoms with van der Waals surface area (Å²) in [6.45, 7) is 0. The fourth-order valence-electron chi connectivity index (χ4n) is 3.69. The van der Waals surface area contributed by atoms with E-state index in [1.165, 1.54) is 0 Å². The van der Waals surface area contributed by atoms with Crippen LogP contribution in [-0.4, -0.2) is 30.3 Å². The molecule has 7 nitrogen and oxygen atoms in total. The lowest BCUT2D eigenvalue weighted by Crippen LogP contribution is -2.30. The minimum absolute atomic E-state index is 0.0735. The van der Waals surface area contributed by atoms with Gasteiger partial charge in [0.25, 0.3) is 0 Å². The van der Waals surface area contributed by atoms with Crippen molar-refractivity contribution in [1.29, 1.82) is 0 Å². The van der Waals surface area contributed by atoms with Crippen molar-refractivity contribution in [2.45, 2.75) is 25.3 Å². The molecule has 0 radical (unpaired) electrons. The second-order valence-corrected chi connectivity index (χ2v) is 7.82. The van der Waals surface area contributed by atoms with Crippen molar-refractivity contribution in [1.82, 2.24) is 15.5 Å². The first kappa shape index (κ1) is 23.0. The molecule has 0 spiro atoms. The molecule has 4 aromatic rings. The Bertz CT molecular complexity index is 1210. The maximum atomic E-state index is 12.8. The third-order valence-corrected chi connectivity index (χ3v) is 5.48. The first-order chi connectivity index (χ1) is 16.7. The number of nitrogens with zero attached hydrogens (tertiary/aromatic N) is 2. The minimum Gasteiger partial charge on any atom is -0.493 e. The van der Waals surface area contributed by atoms with Crippen LogP contribution < -0.4 is 14.8 Å². The van der Waals surface area contributed by atoms with Crippen LogP contribution in [0.15, 0.2) is 83.4 Å². The highest BCUT2D eigenvalue weighted by Crippen LogP contribution is 2.31. The molecule has 3 aromatic carbocycles. The smallest absolute Gasteiger partial charge is 0.249 e. The Morgan fingerprint density at radius 1 is 0.912 bits per heavy atom. The van der Waals surface area contributed by atoms with Crippen LogP contribution in [0.1, 0.15) is 29.5 Å². The van der Waals surface area contributed by atoms with Crippen molar-refractivity contribution >= 4 is 5.91 Å². The van der Waals surface area contributed by atoms with Gasteiger partial charge in [-0.3, -0.25) is 4.79 Å². The molecule has 4 rings (SSSR count). The molecule has 0 saturated heterocycles. The maximum Gasteiger partial charge on any atom is 0.249 e. The topological polar surface area (TPSA) is 86.5 Å². The molecule has 1 amide bonds. The quantitative estimate of drug-likeness (QED) is 0.369. The molecule has 0 fully saturated rings. The molecule has 0 saturated carbocycles. The Morgan fingerprint density at radius 2 is 1.59 bits per heavy atom. The number of methoxy groups -OCH3 is 2. The summed E-state index contributed by atoms with van der Waals surface area (Å²) in [6.07, 6.45) is 1.56. The van der Waals surface area contributed by atoms with E-state index < -0.39 is 6.04 Å². The highest BCUT2D eigenvalue weighted by molar-refractivity contribution is 5.76. The molecule has 1 N–H and O–H groups in total. The van der Waals surface area contributed by atoms with E-state index in [1.54, 1.807) is 26.4 Å². The summed E-state index contributed by atoms with van der Waals surface area (Å²) in [5.41, 5.74) is 2.90. The van der Waals surface area contributed by atoms with Gasteiger partial charge in [0.1, 0.15) is 6.04 Å². The number of aromatic nitrogens is 2. The number of carbonyl (C=O) groups excluding carboxylic acids is 1. The molecule has 34 heavy (non-hydrogen) atoms. The van der Waals surface area contributed by atoms with Crippen LogP contribution in [-0.2, 0) is 17.6 Å². The lowest BCUT2D eigenvalue weighted by Gasteiger charge is -2.15. The second kappa shape index (κ2) is 11.1. The van der Waals surface area contributed by atoms with Gasteiger partial charge in [0.05, 0.1) is 14.2 Å². The number of rotatable bonds is 10. The highest BCUT2D eigenvalue weighted by Gasteiger charge is 2.23. The molecule has 0 bridgehead atoms. The maximum absolute atomic E-state index is 12.8. The summed E-state index contributed by atoms with van der Waals surface area (Å²) >= 11 is 0. The van der Waals surface area contributed by atoms with Crippen LogP contribution in [0.5, 0.6) is 11.5 Å². The van der Waals surface area contributed by atoms with Crippen molar-refractivity contribution in [2.24, 2.45) is 0 Å². The van der Waals surface area contributed by atoms with Crippen molar-refractivity contribution in [2.75, 3.05) is 14.2 Å². The van der Waals surface area contributed by atoms with E-state index in [-0.39, 0.29) is 5.91 Å². The molecule has 0 unspecified atom stereocenters. The summed E-state index contributed by atoms with van der Waals surface area (Å²) in [6, 6.07) is 24.8. The average molecular weight is 458 g/mol. The van der Waals surface area contributed by atoms with E-state index >= 15 is 0 Å². The molecule has 1 heterocycles. The largest absolute Gasteiger partial charge is 0.493 e. The Labute approximate surface area is 198 Å². The third kappa shape index (κ3) is 5.81. The Morgan fingerprint density at radius 3 is 2.26 bits per heavy atom. The molecule has 0 aliphatic carbocycles. The average Bonchev–Trinajstić information content (AvgIpc) is 3.38. The van der Waals surface area contributed by atoms with Gasteiger partial charge >= 0.3 is 0 Å². The highest BCUT2D eigenvalue weighted by atomic mass is 16.5. The minimum atomic E-state index is -0.452. The predicted molar refractivity (Wildman–Crippen MR) is 129 cm³/mol. The van der Waals surface area contributed by atoms with Crippen molar-refractivity contribution in [3.8, 4) is 22.9 Å². The summed E-state index contributed by atoms with van der Waals surface area (Å²) < 4.78 is 16.3. The number of aryl methyl sites for hydroxylation is 1. The number of amides is 1. The number of carbonyl (C=O) groups is 1. The Balaban J connectivity index is 1.53. The molecular weight excluding hydrogens is 430 g/mol. The van der Waals surface area contributed by atoms with E-state index in [0.29, 0.717) is 42.5 Å². The van der Waals surface area contributed by atoms with Gasteiger partial charge in [0.15, 0.2) is 11.5 Å². The van der Waals surface area contributed by atoms with Gasteiger partial charge in [-0.2, -0.15) is 4.98 Å². The van der Waals surface area contributed by atoms with E-state index in [9.17, 15) is 4.79 Å². The normalized spacial score (nSPS) is 11.6. The number of benzene rings is 3. The van der Waals surface area contributed by atoms with Crippen LogP contribution in [0.3, 0.4) is 0 Å². The summed E-state index contributed by atoms with van der Waals surface area (Å²) in [4.78, 5) is 17.4. The molecule has 1 atom stereocenters. The monoisotopic (exact) mass is 457 g/mol. The van der Waals surface area contributed by atoms with Gasteiger partial charge in [-0.05, 0) is 35.7 Å². The fourth-order valence-corrected chi connectivity index (χ4v) is 3.69. The Hall–Kier alpha value is -4.13. The molecule has 0 aliphatic rings. The van der Waals surface area contributed by atoms with Gasteiger partial charge < -0.3 is 19.3 Å². The zero-order chi connectivity index (χ0) is 23.8. The second-order valence-electron chi connectivity index (χ2n) is 7.82. The Kier molecular flexibility index (Phi) is 7.55. The SMILES string of the molecule is COc1ccc(-c2noc([C@@H](Cc3ccccc3)NC(=O)CCc3ccccc3)n2)cc1OC. The molecular formula is C27H27N3O4. The summed E-state index contributed by atoms with van der Waals surface area (Å²) in [7, 11) is 3.16. The van der Waals surface area contributed by atoms with Gasteiger partial charge in [-0.1, -0.05) is 65.8 Å². The predicted octanol–water partition coefficient (Wildman–Crippen LogP) is 4.79. The zero-order valence-electron chi connectivity index (χ0n) is 19.2.